The molecule has 0 aromatic rings. The van der Waals surface area contributed by atoms with Crippen molar-refractivity contribution in [3.63, 3.8) is 0 Å². The Bertz CT molecular complexity index is 835. The Morgan fingerprint density at radius 1 is 1.15 bits per heavy atom. The number of fused-ring (bicyclic) bond motifs is 5. The van der Waals surface area contributed by atoms with Gasteiger partial charge in [-0.2, -0.15) is 8.42 Å². The number of aliphatic hydroxyl groups excluding tert-OH is 1. The van der Waals surface area contributed by atoms with Crippen molar-refractivity contribution in [1.82, 2.24) is 10.6 Å². The van der Waals surface area contributed by atoms with Crippen LogP contribution in [0.25, 0.3) is 0 Å². The van der Waals surface area contributed by atoms with Gasteiger partial charge in [0.05, 0.1) is 11.9 Å². The standard InChI is InChI=1S/C25H44N2O5S/c1-16(4-7-22(29)27-12-13-33(30,31)32)18-5-6-19-23-20(8-9-25(18,19)3)24(2)10-11-26-15-17(24)14-21(23)28/h16-21,23,26,28H,4-15H2,1-3H3,(H,27,29)(H,30,31,32)/t16-,17-,18-,19+,20+,21?,23+,24+,25-/m1/s1. The van der Waals surface area contributed by atoms with Gasteiger partial charge < -0.3 is 15.7 Å². The van der Waals surface area contributed by atoms with Crippen molar-refractivity contribution in [2.75, 3.05) is 25.4 Å². The summed E-state index contributed by atoms with van der Waals surface area (Å²) in [5, 5.41) is 17.5. The molecule has 0 radical (unpaired) electrons. The van der Waals surface area contributed by atoms with E-state index in [9.17, 15) is 18.3 Å². The molecule has 33 heavy (non-hydrogen) atoms. The van der Waals surface area contributed by atoms with E-state index in [0.717, 1.165) is 25.9 Å². The molecule has 1 amide bonds. The summed E-state index contributed by atoms with van der Waals surface area (Å²) in [6, 6.07) is 0. The fourth-order valence-corrected chi connectivity index (χ4v) is 9.16. The Kier molecular flexibility index (Phi) is 7.23. The first-order valence-corrected chi connectivity index (χ1v) is 14.7. The SMILES string of the molecule is C[C@H](CCC(=O)NCCS(=O)(=O)O)[C@H]1CC[C@H]2[C@@H]3C(O)C[C@@H]4CNCC[C@]4(C)[C@H]3CC[C@]12C. The van der Waals surface area contributed by atoms with Crippen molar-refractivity contribution in [2.45, 2.75) is 78.2 Å². The van der Waals surface area contributed by atoms with Crippen LogP contribution < -0.4 is 10.6 Å². The average Bonchev–Trinajstić information content (AvgIpc) is 3.08. The third kappa shape index (κ3) is 4.87. The average molecular weight is 485 g/mol. The van der Waals surface area contributed by atoms with E-state index < -0.39 is 15.9 Å². The Morgan fingerprint density at radius 2 is 1.88 bits per heavy atom. The van der Waals surface area contributed by atoms with Crippen LogP contribution in [0, 0.1) is 46.3 Å². The van der Waals surface area contributed by atoms with Crippen LogP contribution in [-0.4, -0.2) is 55.5 Å². The molecule has 3 saturated carbocycles. The van der Waals surface area contributed by atoms with Crippen molar-refractivity contribution in [3.05, 3.63) is 0 Å². The maximum absolute atomic E-state index is 12.2. The van der Waals surface area contributed by atoms with Crippen molar-refractivity contribution < 1.29 is 22.9 Å². The molecule has 1 saturated heterocycles. The lowest BCUT2D eigenvalue weighted by Gasteiger charge is -2.62. The molecule has 1 aliphatic heterocycles. The van der Waals surface area contributed by atoms with Crippen LogP contribution in [0.4, 0.5) is 0 Å². The van der Waals surface area contributed by atoms with Gasteiger partial charge in [-0.15, -0.1) is 0 Å². The van der Waals surface area contributed by atoms with E-state index >= 15 is 0 Å². The second kappa shape index (κ2) is 9.40. The molecule has 0 aromatic heterocycles. The van der Waals surface area contributed by atoms with Gasteiger partial charge in [0.2, 0.25) is 5.91 Å². The Morgan fingerprint density at radius 3 is 2.61 bits per heavy atom. The molecule has 8 heteroatoms. The van der Waals surface area contributed by atoms with Gasteiger partial charge in [0.25, 0.3) is 10.1 Å². The predicted octanol–water partition coefficient (Wildman–Crippen LogP) is 2.85. The van der Waals surface area contributed by atoms with E-state index in [0.29, 0.717) is 47.3 Å². The number of aliphatic hydroxyl groups is 1. The molecule has 3 aliphatic carbocycles. The zero-order chi connectivity index (χ0) is 24.0. The largest absolute Gasteiger partial charge is 0.393 e. The maximum atomic E-state index is 12.2. The van der Waals surface area contributed by atoms with E-state index in [2.05, 4.69) is 31.4 Å². The molecule has 4 N–H and O–H groups in total. The monoisotopic (exact) mass is 484 g/mol. The fourth-order valence-electron chi connectivity index (χ4n) is 8.80. The van der Waals surface area contributed by atoms with Gasteiger partial charge in [-0.05, 0) is 104 Å². The summed E-state index contributed by atoms with van der Waals surface area (Å²) in [6.45, 7) is 9.31. The lowest BCUT2D eigenvalue weighted by molar-refractivity contribution is -0.161. The first kappa shape index (κ1) is 25.4. The highest BCUT2D eigenvalue weighted by Gasteiger charge is 2.62. The van der Waals surface area contributed by atoms with Crippen LogP contribution >= 0.6 is 0 Å². The third-order valence-electron chi connectivity index (χ3n) is 10.6. The second-order valence-corrected chi connectivity index (χ2v) is 13.7. The summed E-state index contributed by atoms with van der Waals surface area (Å²) in [4.78, 5) is 12.2. The molecule has 4 aliphatic rings. The predicted molar refractivity (Wildman–Crippen MR) is 128 cm³/mol. The Labute approximate surface area is 199 Å². The van der Waals surface area contributed by atoms with E-state index in [-0.39, 0.29) is 24.0 Å². The molecule has 0 spiro atoms. The van der Waals surface area contributed by atoms with E-state index in [1.807, 2.05) is 0 Å². The molecule has 9 atom stereocenters. The van der Waals surface area contributed by atoms with Gasteiger partial charge in [-0.3, -0.25) is 9.35 Å². The number of nitrogens with one attached hydrogen (secondary N) is 2. The highest BCUT2D eigenvalue weighted by atomic mass is 32.2. The molecule has 0 bridgehead atoms. The minimum atomic E-state index is -4.05. The quantitative estimate of drug-likeness (QED) is 0.413. The van der Waals surface area contributed by atoms with Crippen LogP contribution in [-0.2, 0) is 14.9 Å². The molecule has 0 aromatic carbocycles. The summed E-state index contributed by atoms with van der Waals surface area (Å²) in [7, 11) is -4.05. The fraction of sp³-hybridized carbons (Fsp3) is 0.960. The highest BCUT2D eigenvalue weighted by molar-refractivity contribution is 7.85. The van der Waals surface area contributed by atoms with E-state index in [1.165, 1.54) is 32.1 Å². The lowest BCUT2D eigenvalue weighted by atomic mass is 9.45. The topological polar surface area (TPSA) is 116 Å². The van der Waals surface area contributed by atoms with Gasteiger partial charge in [0.1, 0.15) is 0 Å². The first-order chi connectivity index (χ1) is 15.5. The summed E-state index contributed by atoms with van der Waals surface area (Å²) in [5.74, 6) is 2.54. The number of rotatable bonds is 7. The smallest absolute Gasteiger partial charge is 0.266 e. The van der Waals surface area contributed by atoms with Gasteiger partial charge in [-0.25, -0.2) is 0 Å². The van der Waals surface area contributed by atoms with Crippen LogP contribution in [0.5, 0.6) is 0 Å². The number of hydrogen-bond donors (Lipinski definition) is 4. The lowest BCUT2D eigenvalue weighted by Crippen LogP contribution is -2.60. The van der Waals surface area contributed by atoms with Gasteiger partial charge in [-0.1, -0.05) is 20.8 Å². The first-order valence-electron chi connectivity index (χ1n) is 13.1. The molecular weight excluding hydrogens is 440 g/mol. The number of carbonyl (C=O) groups excluding carboxylic acids is 1. The highest BCUT2D eigenvalue weighted by Crippen LogP contribution is 2.67. The number of carbonyl (C=O) groups is 1. The van der Waals surface area contributed by atoms with Crippen molar-refractivity contribution in [1.29, 1.82) is 0 Å². The summed E-state index contributed by atoms with van der Waals surface area (Å²) in [5.41, 5.74) is 0.569. The number of hydrogen-bond acceptors (Lipinski definition) is 5. The maximum Gasteiger partial charge on any atom is 0.266 e. The van der Waals surface area contributed by atoms with Crippen molar-refractivity contribution in [3.8, 4) is 0 Å². The van der Waals surface area contributed by atoms with Crippen LogP contribution in [0.15, 0.2) is 0 Å². The Hall–Kier alpha value is -0.700. The van der Waals surface area contributed by atoms with Gasteiger partial charge >= 0.3 is 0 Å². The Balaban J connectivity index is 1.38. The number of amides is 1. The molecule has 1 unspecified atom stereocenters. The zero-order valence-electron chi connectivity index (χ0n) is 20.6. The van der Waals surface area contributed by atoms with Crippen LogP contribution in [0.2, 0.25) is 0 Å². The van der Waals surface area contributed by atoms with Crippen LogP contribution in [0.3, 0.4) is 0 Å². The summed E-state index contributed by atoms with van der Waals surface area (Å²) < 4.78 is 30.5. The van der Waals surface area contributed by atoms with Crippen molar-refractivity contribution in [2.24, 2.45) is 46.3 Å². The summed E-state index contributed by atoms with van der Waals surface area (Å²) in [6.07, 6.45) is 7.91. The van der Waals surface area contributed by atoms with Crippen LogP contribution in [0.1, 0.15) is 72.1 Å². The molecule has 1 heterocycles. The van der Waals surface area contributed by atoms with E-state index in [4.69, 9.17) is 4.55 Å². The minimum absolute atomic E-state index is 0.0501. The third-order valence-corrected chi connectivity index (χ3v) is 11.3. The molecular formula is C25H44N2O5S. The van der Waals surface area contributed by atoms with Gasteiger partial charge in [0.15, 0.2) is 0 Å². The molecule has 190 valence electrons. The summed E-state index contributed by atoms with van der Waals surface area (Å²) >= 11 is 0. The van der Waals surface area contributed by atoms with Crippen molar-refractivity contribution >= 4 is 16.0 Å². The minimum Gasteiger partial charge on any atom is -0.393 e. The van der Waals surface area contributed by atoms with E-state index in [1.54, 1.807) is 0 Å². The second-order valence-electron chi connectivity index (χ2n) is 12.1. The molecule has 7 nitrogen and oxygen atoms in total. The van der Waals surface area contributed by atoms with Gasteiger partial charge in [0, 0.05) is 13.0 Å². The number of piperidine rings is 1. The molecule has 4 fully saturated rings. The normalized spacial score (nSPS) is 43.8. The molecule has 4 rings (SSSR count). The zero-order valence-corrected chi connectivity index (χ0v) is 21.4.